The Kier molecular flexibility index (Phi) is 4.52. The molecule has 1 aliphatic heterocycles. The molecular formula is C16H29N3O2. The Morgan fingerprint density at radius 2 is 1.95 bits per heavy atom. The van der Waals surface area contributed by atoms with E-state index in [0.29, 0.717) is 6.04 Å². The minimum Gasteiger partial charge on any atom is -0.480 e. The van der Waals surface area contributed by atoms with Crippen LogP contribution in [0.3, 0.4) is 0 Å². The fraction of sp³-hybridized carbons (Fsp3) is 0.938. The van der Waals surface area contributed by atoms with E-state index in [1.54, 1.807) is 0 Å². The summed E-state index contributed by atoms with van der Waals surface area (Å²) in [6.45, 7) is 8.55. The third-order valence-corrected chi connectivity index (χ3v) is 5.55. The van der Waals surface area contributed by atoms with E-state index in [1.807, 2.05) is 6.92 Å². The normalized spacial score (nSPS) is 35.2. The van der Waals surface area contributed by atoms with Crippen molar-refractivity contribution in [2.24, 2.45) is 5.92 Å². The van der Waals surface area contributed by atoms with Crippen molar-refractivity contribution in [2.45, 2.75) is 50.6 Å². The molecule has 1 saturated heterocycles. The average molecular weight is 295 g/mol. The van der Waals surface area contributed by atoms with Gasteiger partial charge in [-0.2, -0.15) is 0 Å². The van der Waals surface area contributed by atoms with Crippen molar-refractivity contribution in [3.8, 4) is 0 Å². The zero-order valence-corrected chi connectivity index (χ0v) is 13.2. The van der Waals surface area contributed by atoms with E-state index in [-0.39, 0.29) is 0 Å². The lowest BCUT2D eigenvalue weighted by molar-refractivity contribution is -0.144. The lowest BCUT2D eigenvalue weighted by Crippen LogP contribution is -2.53. The molecule has 0 amide bonds. The van der Waals surface area contributed by atoms with Crippen LogP contribution in [0.25, 0.3) is 0 Å². The van der Waals surface area contributed by atoms with Crippen LogP contribution in [0.5, 0.6) is 0 Å². The molecule has 0 spiro atoms. The van der Waals surface area contributed by atoms with Crippen molar-refractivity contribution in [3.63, 3.8) is 0 Å². The summed E-state index contributed by atoms with van der Waals surface area (Å²) in [6.07, 6.45) is 5.39. The zero-order chi connectivity index (χ0) is 14.9. The molecule has 21 heavy (non-hydrogen) atoms. The SMILES string of the molecule is CCNC1(C(=O)O)CCC(N2CCN(CC3CC3)CC2)C1. The van der Waals surface area contributed by atoms with Gasteiger partial charge in [0.1, 0.15) is 5.54 Å². The van der Waals surface area contributed by atoms with Gasteiger partial charge in [0.15, 0.2) is 0 Å². The Morgan fingerprint density at radius 1 is 1.24 bits per heavy atom. The van der Waals surface area contributed by atoms with Crippen molar-refractivity contribution in [2.75, 3.05) is 39.3 Å². The van der Waals surface area contributed by atoms with Gasteiger partial charge >= 0.3 is 5.97 Å². The van der Waals surface area contributed by atoms with Crippen molar-refractivity contribution < 1.29 is 9.90 Å². The molecule has 2 N–H and O–H groups in total. The Hall–Kier alpha value is -0.650. The summed E-state index contributed by atoms with van der Waals surface area (Å²) in [5.74, 6) is 0.302. The van der Waals surface area contributed by atoms with Crippen molar-refractivity contribution in [1.29, 1.82) is 0 Å². The highest BCUT2D eigenvalue weighted by atomic mass is 16.4. The Morgan fingerprint density at radius 3 is 2.52 bits per heavy atom. The predicted molar refractivity (Wildman–Crippen MR) is 82.4 cm³/mol. The van der Waals surface area contributed by atoms with Crippen LogP contribution in [0.1, 0.15) is 39.0 Å². The fourth-order valence-corrected chi connectivity index (χ4v) is 4.08. The van der Waals surface area contributed by atoms with Gasteiger partial charge in [-0.3, -0.25) is 9.69 Å². The van der Waals surface area contributed by atoms with Gasteiger partial charge in [0.25, 0.3) is 0 Å². The van der Waals surface area contributed by atoms with Gasteiger partial charge in [-0.15, -0.1) is 0 Å². The molecule has 2 saturated carbocycles. The summed E-state index contributed by atoms with van der Waals surface area (Å²) in [5.41, 5.74) is -0.676. The van der Waals surface area contributed by atoms with E-state index in [0.717, 1.165) is 57.9 Å². The van der Waals surface area contributed by atoms with Crippen LogP contribution < -0.4 is 5.32 Å². The second-order valence-corrected chi connectivity index (χ2v) is 7.09. The van der Waals surface area contributed by atoms with Crippen LogP contribution in [-0.4, -0.2) is 71.7 Å². The molecule has 0 radical (unpaired) electrons. The lowest BCUT2D eigenvalue weighted by Gasteiger charge is -2.38. The number of likely N-dealkylation sites (N-methyl/N-ethyl adjacent to an activating group) is 1. The van der Waals surface area contributed by atoms with Gasteiger partial charge in [0.2, 0.25) is 0 Å². The molecule has 0 aromatic heterocycles. The van der Waals surface area contributed by atoms with Crippen LogP contribution in [0, 0.1) is 5.92 Å². The highest BCUT2D eigenvalue weighted by molar-refractivity contribution is 5.79. The molecule has 2 atom stereocenters. The summed E-state index contributed by atoms with van der Waals surface area (Å²) in [6, 6.07) is 0.447. The van der Waals surface area contributed by atoms with Crippen LogP contribution in [0.15, 0.2) is 0 Å². The molecular weight excluding hydrogens is 266 g/mol. The monoisotopic (exact) mass is 295 g/mol. The van der Waals surface area contributed by atoms with Crippen molar-refractivity contribution in [1.82, 2.24) is 15.1 Å². The summed E-state index contributed by atoms with van der Waals surface area (Å²) >= 11 is 0. The number of nitrogens with zero attached hydrogens (tertiary/aromatic N) is 2. The van der Waals surface area contributed by atoms with E-state index in [1.165, 1.54) is 19.4 Å². The molecule has 1 heterocycles. The van der Waals surface area contributed by atoms with Crippen LogP contribution >= 0.6 is 0 Å². The molecule has 5 heteroatoms. The molecule has 120 valence electrons. The molecule has 3 rings (SSSR count). The molecule has 0 aromatic rings. The van der Waals surface area contributed by atoms with Gasteiger partial charge < -0.3 is 15.3 Å². The molecule has 3 aliphatic rings. The quantitative estimate of drug-likeness (QED) is 0.766. The first-order valence-electron chi connectivity index (χ1n) is 8.58. The van der Waals surface area contributed by atoms with E-state index < -0.39 is 11.5 Å². The second-order valence-electron chi connectivity index (χ2n) is 7.09. The standard InChI is InChI=1S/C16H29N3O2/c1-2-17-16(15(20)21)6-5-14(11-16)19-9-7-18(8-10-19)12-13-3-4-13/h13-14,17H,2-12H2,1H3,(H,20,21). The number of nitrogens with one attached hydrogen (secondary N) is 1. The molecule has 0 bridgehead atoms. The third-order valence-electron chi connectivity index (χ3n) is 5.55. The highest BCUT2D eigenvalue weighted by Gasteiger charge is 2.46. The number of hydrogen-bond acceptors (Lipinski definition) is 4. The number of carbonyl (C=O) groups is 1. The Labute approximate surface area is 127 Å². The second kappa shape index (κ2) is 6.23. The van der Waals surface area contributed by atoms with Gasteiger partial charge in [0.05, 0.1) is 0 Å². The van der Waals surface area contributed by atoms with Crippen LogP contribution in [-0.2, 0) is 4.79 Å². The van der Waals surface area contributed by atoms with E-state index in [4.69, 9.17) is 0 Å². The topological polar surface area (TPSA) is 55.8 Å². The van der Waals surface area contributed by atoms with Crippen LogP contribution in [0.4, 0.5) is 0 Å². The summed E-state index contributed by atoms with van der Waals surface area (Å²) < 4.78 is 0. The molecule has 5 nitrogen and oxygen atoms in total. The number of piperazine rings is 1. The van der Waals surface area contributed by atoms with Crippen molar-refractivity contribution in [3.05, 3.63) is 0 Å². The maximum atomic E-state index is 11.6. The minimum absolute atomic E-state index is 0.447. The summed E-state index contributed by atoms with van der Waals surface area (Å²) in [7, 11) is 0. The van der Waals surface area contributed by atoms with E-state index in [9.17, 15) is 9.90 Å². The van der Waals surface area contributed by atoms with Gasteiger partial charge in [0, 0.05) is 38.8 Å². The number of hydrogen-bond donors (Lipinski definition) is 2. The maximum Gasteiger partial charge on any atom is 0.323 e. The van der Waals surface area contributed by atoms with E-state index in [2.05, 4.69) is 15.1 Å². The number of carboxylic acids is 1. The maximum absolute atomic E-state index is 11.6. The number of carboxylic acid groups (broad SMARTS) is 1. The van der Waals surface area contributed by atoms with Gasteiger partial charge in [-0.1, -0.05) is 6.92 Å². The fourth-order valence-electron chi connectivity index (χ4n) is 4.08. The summed E-state index contributed by atoms with van der Waals surface area (Å²) in [5, 5.41) is 12.8. The molecule has 2 aliphatic carbocycles. The first-order chi connectivity index (χ1) is 10.1. The predicted octanol–water partition coefficient (Wildman–Crippen LogP) is 0.999. The number of aliphatic carboxylic acids is 1. The Balaban J connectivity index is 1.50. The molecule has 2 unspecified atom stereocenters. The van der Waals surface area contributed by atoms with Crippen LogP contribution in [0.2, 0.25) is 0 Å². The first-order valence-corrected chi connectivity index (χ1v) is 8.58. The van der Waals surface area contributed by atoms with Gasteiger partial charge in [-0.25, -0.2) is 0 Å². The first kappa shape index (κ1) is 15.3. The third kappa shape index (κ3) is 3.41. The average Bonchev–Trinajstić information content (AvgIpc) is 3.17. The number of rotatable bonds is 6. The Bertz CT molecular complexity index is 378. The van der Waals surface area contributed by atoms with Gasteiger partial charge in [-0.05, 0) is 44.6 Å². The molecule has 3 fully saturated rings. The minimum atomic E-state index is -0.676. The molecule has 0 aromatic carbocycles. The highest BCUT2D eigenvalue weighted by Crippen LogP contribution is 2.34. The van der Waals surface area contributed by atoms with Crippen molar-refractivity contribution >= 4 is 5.97 Å². The lowest BCUT2D eigenvalue weighted by atomic mass is 9.97. The zero-order valence-electron chi connectivity index (χ0n) is 13.2. The largest absolute Gasteiger partial charge is 0.480 e. The summed E-state index contributed by atoms with van der Waals surface area (Å²) in [4.78, 5) is 16.8. The van der Waals surface area contributed by atoms with E-state index >= 15 is 0 Å². The smallest absolute Gasteiger partial charge is 0.323 e.